The third kappa shape index (κ3) is 4.59. The SMILES string of the molecule is CN1CCN(CCCNC(=O)C2CCN(c3ccc(F)cc3)C2=O)CC1. The first-order valence-electron chi connectivity index (χ1n) is 9.30. The van der Waals surface area contributed by atoms with Crippen LogP contribution in [0.3, 0.4) is 0 Å². The summed E-state index contributed by atoms with van der Waals surface area (Å²) in [6.07, 6.45) is 1.39. The van der Waals surface area contributed by atoms with Crippen LogP contribution >= 0.6 is 0 Å². The summed E-state index contributed by atoms with van der Waals surface area (Å²) >= 11 is 0. The van der Waals surface area contributed by atoms with Crippen LogP contribution in [-0.4, -0.2) is 74.5 Å². The number of anilines is 1. The number of hydrogen-bond acceptors (Lipinski definition) is 4. The van der Waals surface area contributed by atoms with Crippen molar-refractivity contribution in [1.82, 2.24) is 15.1 Å². The van der Waals surface area contributed by atoms with E-state index in [9.17, 15) is 14.0 Å². The summed E-state index contributed by atoms with van der Waals surface area (Å²) in [5, 5.41) is 2.90. The van der Waals surface area contributed by atoms with Gasteiger partial charge in [-0.25, -0.2) is 4.39 Å². The molecule has 0 aliphatic carbocycles. The van der Waals surface area contributed by atoms with E-state index in [1.54, 1.807) is 17.0 Å². The highest BCUT2D eigenvalue weighted by Crippen LogP contribution is 2.25. The predicted molar refractivity (Wildman–Crippen MR) is 98.4 cm³/mol. The van der Waals surface area contributed by atoms with Crippen LogP contribution in [0.4, 0.5) is 10.1 Å². The molecule has 1 atom stereocenters. The summed E-state index contributed by atoms with van der Waals surface area (Å²) in [7, 11) is 2.13. The van der Waals surface area contributed by atoms with E-state index in [2.05, 4.69) is 22.2 Å². The first-order valence-corrected chi connectivity index (χ1v) is 9.30. The normalized spacial score (nSPS) is 22.0. The second kappa shape index (κ2) is 8.60. The monoisotopic (exact) mass is 362 g/mol. The maximum atomic E-state index is 13.0. The minimum absolute atomic E-state index is 0.196. The summed E-state index contributed by atoms with van der Waals surface area (Å²) in [4.78, 5) is 31.1. The predicted octanol–water partition coefficient (Wildman–Crippen LogP) is 0.932. The molecule has 142 valence electrons. The van der Waals surface area contributed by atoms with Gasteiger partial charge in [-0.05, 0) is 50.7 Å². The molecule has 6 nitrogen and oxygen atoms in total. The van der Waals surface area contributed by atoms with Gasteiger partial charge in [0.1, 0.15) is 11.7 Å². The number of carbonyl (C=O) groups is 2. The zero-order valence-corrected chi connectivity index (χ0v) is 15.3. The summed E-state index contributed by atoms with van der Waals surface area (Å²) in [6, 6.07) is 5.80. The highest BCUT2D eigenvalue weighted by molar-refractivity contribution is 6.09. The van der Waals surface area contributed by atoms with Gasteiger partial charge >= 0.3 is 0 Å². The maximum absolute atomic E-state index is 13.0. The Kier molecular flexibility index (Phi) is 6.21. The van der Waals surface area contributed by atoms with E-state index < -0.39 is 5.92 Å². The van der Waals surface area contributed by atoms with Crippen molar-refractivity contribution >= 4 is 17.5 Å². The molecule has 7 heteroatoms. The highest BCUT2D eigenvalue weighted by atomic mass is 19.1. The number of carbonyl (C=O) groups excluding carboxylic acids is 2. The summed E-state index contributed by atoms with van der Waals surface area (Å²) in [5.41, 5.74) is 0.641. The number of nitrogens with zero attached hydrogens (tertiary/aromatic N) is 3. The van der Waals surface area contributed by atoms with Gasteiger partial charge in [-0.3, -0.25) is 9.59 Å². The Hall–Kier alpha value is -1.99. The smallest absolute Gasteiger partial charge is 0.239 e. The van der Waals surface area contributed by atoms with E-state index in [1.165, 1.54) is 12.1 Å². The van der Waals surface area contributed by atoms with E-state index in [0.717, 1.165) is 39.1 Å². The molecule has 0 aromatic heterocycles. The first kappa shape index (κ1) is 18.8. The summed E-state index contributed by atoms with van der Waals surface area (Å²) < 4.78 is 13.0. The van der Waals surface area contributed by atoms with E-state index in [0.29, 0.717) is 25.2 Å². The molecule has 26 heavy (non-hydrogen) atoms. The van der Waals surface area contributed by atoms with Gasteiger partial charge < -0.3 is 20.0 Å². The van der Waals surface area contributed by atoms with Gasteiger partial charge in [0.2, 0.25) is 11.8 Å². The molecule has 1 aromatic rings. The van der Waals surface area contributed by atoms with Gasteiger partial charge in [0.05, 0.1) is 0 Å². The number of likely N-dealkylation sites (N-methyl/N-ethyl adjacent to an activating group) is 1. The average molecular weight is 362 g/mol. The van der Waals surface area contributed by atoms with Crippen LogP contribution in [0.2, 0.25) is 0 Å². The average Bonchev–Trinajstić information content (AvgIpc) is 3.02. The third-order valence-electron chi connectivity index (χ3n) is 5.21. The second-order valence-electron chi connectivity index (χ2n) is 7.10. The lowest BCUT2D eigenvalue weighted by atomic mass is 10.1. The van der Waals surface area contributed by atoms with Crippen molar-refractivity contribution in [1.29, 1.82) is 0 Å². The van der Waals surface area contributed by atoms with E-state index in [4.69, 9.17) is 0 Å². The number of amides is 2. The molecule has 0 radical (unpaired) electrons. The minimum Gasteiger partial charge on any atom is -0.355 e. The largest absolute Gasteiger partial charge is 0.355 e. The van der Waals surface area contributed by atoms with E-state index >= 15 is 0 Å². The molecule has 2 aliphatic heterocycles. The first-order chi connectivity index (χ1) is 12.5. The molecule has 2 fully saturated rings. The van der Waals surface area contributed by atoms with Crippen LogP contribution in [0, 0.1) is 11.7 Å². The quantitative estimate of drug-likeness (QED) is 0.604. The fourth-order valence-corrected chi connectivity index (χ4v) is 3.51. The third-order valence-corrected chi connectivity index (χ3v) is 5.21. The zero-order chi connectivity index (χ0) is 18.5. The molecule has 2 aliphatic rings. The molecule has 0 saturated carbocycles. The van der Waals surface area contributed by atoms with Crippen molar-refractivity contribution in [2.45, 2.75) is 12.8 Å². The molecular formula is C19H27FN4O2. The zero-order valence-electron chi connectivity index (χ0n) is 15.3. The molecule has 2 heterocycles. The number of hydrogen-bond donors (Lipinski definition) is 1. The maximum Gasteiger partial charge on any atom is 0.239 e. The molecule has 2 saturated heterocycles. The standard InChI is InChI=1S/C19H27FN4O2/c1-22-11-13-23(14-12-22)9-2-8-21-18(25)17-7-10-24(19(17)26)16-5-3-15(20)4-6-16/h3-6,17H,2,7-14H2,1H3,(H,21,25). The lowest BCUT2D eigenvalue weighted by Crippen LogP contribution is -2.45. The Labute approximate surface area is 153 Å². The van der Waals surface area contributed by atoms with Crippen molar-refractivity contribution in [2.24, 2.45) is 5.92 Å². The van der Waals surface area contributed by atoms with Crippen LogP contribution in [-0.2, 0) is 9.59 Å². The van der Waals surface area contributed by atoms with Crippen molar-refractivity contribution in [3.8, 4) is 0 Å². The molecule has 1 N–H and O–H groups in total. The molecule has 0 bridgehead atoms. The highest BCUT2D eigenvalue weighted by Gasteiger charge is 2.37. The van der Waals surface area contributed by atoms with Crippen LogP contribution in [0.15, 0.2) is 24.3 Å². The Balaban J connectivity index is 1.41. The van der Waals surface area contributed by atoms with Crippen LogP contribution in [0.25, 0.3) is 0 Å². The van der Waals surface area contributed by atoms with Crippen molar-refractivity contribution < 1.29 is 14.0 Å². The summed E-state index contributed by atoms with van der Waals surface area (Å²) in [6.45, 7) is 6.35. The van der Waals surface area contributed by atoms with Gasteiger partial charge in [-0.1, -0.05) is 0 Å². The number of rotatable bonds is 6. The van der Waals surface area contributed by atoms with E-state index in [1.807, 2.05) is 0 Å². The minimum atomic E-state index is -0.635. The number of benzene rings is 1. The molecule has 1 unspecified atom stereocenters. The molecule has 0 spiro atoms. The van der Waals surface area contributed by atoms with Crippen molar-refractivity contribution in [2.75, 3.05) is 57.8 Å². The van der Waals surface area contributed by atoms with Crippen molar-refractivity contribution in [3.05, 3.63) is 30.1 Å². The lowest BCUT2D eigenvalue weighted by Gasteiger charge is -2.32. The van der Waals surface area contributed by atoms with Gasteiger partial charge in [0.25, 0.3) is 0 Å². The van der Waals surface area contributed by atoms with Crippen molar-refractivity contribution in [3.63, 3.8) is 0 Å². The second-order valence-corrected chi connectivity index (χ2v) is 7.10. The van der Waals surface area contributed by atoms with Crippen LogP contribution in [0.5, 0.6) is 0 Å². The van der Waals surface area contributed by atoms with Crippen LogP contribution in [0.1, 0.15) is 12.8 Å². The molecule has 3 rings (SSSR count). The van der Waals surface area contributed by atoms with Gasteiger partial charge in [0.15, 0.2) is 0 Å². The molecule has 2 amide bonds. The number of piperazine rings is 1. The van der Waals surface area contributed by atoms with Gasteiger partial charge in [0, 0.05) is 45.0 Å². The molecular weight excluding hydrogens is 335 g/mol. The van der Waals surface area contributed by atoms with Gasteiger partial charge in [-0.2, -0.15) is 0 Å². The lowest BCUT2D eigenvalue weighted by molar-refractivity contribution is -0.132. The number of halogens is 1. The summed E-state index contributed by atoms with van der Waals surface area (Å²) in [5.74, 6) is -1.37. The Bertz CT molecular complexity index is 629. The Morgan fingerprint density at radius 3 is 2.54 bits per heavy atom. The van der Waals surface area contributed by atoms with Gasteiger partial charge in [-0.15, -0.1) is 0 Å². The molecule has 1 aromatic carbocycles. The van der Waals surface area contributed by atoms with Crippen LogP contribution < -0.4 is 10.2 Å². The van der Waals surface area contributed by atoms with E-state index in [-0.39, 0.29) is 17.6 Å². The topological polar surface area (TPSA) is 55.9 Å². The fraction of sp³-hybridized carbons (Fsp3) is 0.579. The number of nitrogens with one attached hydrogen (secondary N) is 1. The Morgan fingerprint density at radius 2 is 1.85 bits per heavy atom. The Morgan fingerprint density at radius 1 is 1.15 bits per heavy atom. The fourth-order valence-electron chi connectivity index (χ4n) is 3.51.